The average Bonchev–Trinajstić information content (AvgIpc) is 2.62. The molecule has 6 heteroatoms. The molecule has 2 aliphatic rings. The van der Waals surface area contributed by atoms with Crippen molar-refractivity contribution < 1.29 is 14.6 Å². The number of fused-ring (bicyclic) bond motifs is 1. The predicted molar refractivity (Wildman–Crippen MR) is 118 cm³/mol. The van der Waals surface area contributed by atoms with Crippen molar-refractivity contribution in [2.75, 3.05) is 6.54 Å². The number of carbonyl (C=O) groups is 1. The molecule has 0 saturated heterocycles. The summed E-state index contributed by atoms with van der Waals surface area (Å²) in [4.78, 5) is 16.2. The first-order chi connectivity index (χ1) is 14.1. The van der Waals surface area contributed by atoms with Crippen molar-refractivity contribution in [2.45, 2.75) is 90.0 Å². The number of hydrogen-bond donors (Lipinski definition) is 3. The SMILES string of the molecule is C=CC[C@H](NC(C)=O)[C@@H](O)CN[C@H]1CC2(CCC2)Oc2ncc(CC(C)(C)C)cc21. The molecular formula is C24H37N3O3. The van der Waals surface area contributed by atoms with Crippen molar-refractivity contribution in [1.29, 1.82) is 0 Å². The van der Waals surface area contributed by atoms with Crippen LogP contribution in [-0.2, 0) is 11.2 Å². The van der Waals surface area contributed by atoms with Crippen LogP contribution in [0.2, 0.25) is 0 Å². The van der Waals surface area contributed by atoms with Crippen molar-refractivity contribution in [3.8, 4) is 5.88 Å². The van der Waals surface area contributed by atoms with E-state index in [2.05, 4.69) is 49.0 Å². The Morgan fingerprint density at radius 3 is 2.77 bits per heavy atom. The lowest BCUT2D eigenvalue weighted by atomic mass is 9.73. The monoisotopic (exact) mass is 415 g/mol. The average molecular weight is 416 g/mol. The lowest BCUT2D eigenvalue weighted by Crippen LogP contribution is -2.51. The van der Waals surface area contributed by atoms with Crippen molar-refractivity contribution in [3.63, 3.8) is 0 Å². The van der Waals surface area contributed by atoms with Gasteiger partial charge in [-0.05, 0) is 49.1 Å². The van der Waals surface area contributed by atoms with Gasteiger partial charge in [0, 0.05) is 37.7 Å². The van der Waals surface area contributed by atoms with Gasteiger partial charge in [-0.25, -0.2) is 4.98 Å². The van der Waals surface area contributed by atoms with Crippen molar-refractivity contribution in [3.05, 3.63) is 36.0 Å². The van der Waals surface area contributed by atoms with E-state index in [-0.39, 0.29) is 29.0 Å². The summed E-state index contributed by atoms with van der Waals surface area (Å²) >= 11 is 0. The summed E-state index contributed by atoms with van der Waals surface area (Å²) in [7, 11) is 0. The number of aliphatic hydroxyl groups excluding tert-OH is 1. The minimum absolute atomic E-state index is 0.0674. The fourth-order valence-corrected chi connectivity index (χ4v) is 4.51. The molecule has 1 aromatic heterocycles. The molecule has 1 amide bonds. The fourth-order valence-electron chi connectivity index (χ4n) is 4.51. The molecule has 1 fully saturated rings. The molecule has 6 nitrogen and oxygen atoms in total. The van der Waals surface area contributed by atoms with Crippen LogP contribution < -0.4 is 15.4 Å². The number of ether oxygens (including phenoxy) is 1. The molecule has 0 unspecified atom stereocenters. The van der Waals surface area contributed by atoms with Crippen LogP contribution in [0.4, 0.5) is 0 Å². The molecule has 0 radical (unpaired) electrons. The van der Waals surface area contributed by atoms with Gasteiger partial charge in [0.2, 0.25) is 11.8 Å². The second-order valence-corrected chi connectivity index (χ2v) is 10.2. The number of hydrogen-bond acceptors (Lipinski definition) is 5. The molecule has 1 aliphatic heterocycles. The topological polar surface area (TPSA) is 83.5 Å². The number of carbonyl (C=O) groups excluding carboxylic acids is 1. The van der Waals surface area contributed by atoms with Gasteiger partial charge in [0.1, 0.15) is 5.60 Å². The minimum Gasteiger partial charge on any atom is -0.471 e. The maximum atomic E-state index is 11.5. The van der Waals surface area contributed by atoms with Crippen LogP contribution in [0.3, 0.4) is 0 Å². The highest BCUT2D eigenvalue weighted by atomic mass is 16.5. The van der Waals surface area contributed by atoms with Crippen molar-refractivity contribution >= 4 is 5.91 Å². The molecule has 2 heterocycles. The van der Waals surface area contributed by atoms with Gasteiger partial charge >= 0.3 is 0 Å². The Balaban J connectivity index is 1.76. The first-order valence-electron chi connectivity index (χ1n) is 11.1. The summed E-state index contributed by atoms with van der Waals surface area (Å²) in [5.74, 6) is 0.567. The third-order valence-electron chi connectivity index (χ3n) is 6.05. The Bertz CT molecular complexity index is 767. The number of nitrogens with zero attached hydrogens (tertiary/aromatic N) is 1. The summed E-state index contributed by atoms with van der Waals surface area (Å²) in [5.41, 5.74) is 2.31. The van der Waals surface area contributed by atoms with E-state index in [9.17, 15) is 9.90 Å². The zero-order valence-electron chi connectivity index (χ0n) is 18.8. The van der Waals surface area contributed by atoms with Crippen molar-refractivity contribution in [1.82, 2.24) is 15.6 Å². The summed E-state index contributed by atoms with van der Waals surface area (Å²) in [6, 6.07) is 1.92. The van der Waals surface area contributed by atoms with Gasteiger partial charge in [-0.1, -0.05) is 26.8 Å². The lowest BCUT2D eigenvalue weighted by Gasteiger charge is -2.47. The molecular weight excluding hydrogens is 378 g/mol. The van der Waals surface area contributed by atoms with Gasteiger partial charge in [-0.3, -0.25) is 4.79 Å². The smallest absolute Gasteiger partial charge is 0.218 e. The number of rotatable bonds is 8. The quantitative estimate of drug-likeness (QED) is 0.567. The Hall–Kier alpha value is -1.92. The van der Waals surface area contributed by atoms with Crippen molar-refractivity contribution in [2.24, 2.45) is 5.41 Å². The molecule has 1 saturated carbocycles. The molecule has 1 aliphatic carbocycles. The molecule has 3 atom stereocenters. The number of aliphatic hydroxyl groups is 1. The maximum absolute atomic E-state index is 11.5. The van der Waals surface area contributed by atoms with E-state index in [1.807, 2.05) is 6.20 Å². The van der Waals surface area contributed by atoms with Crippen LogP contribution in [0.25, 0.3) is 0 Å². The van der Waals surface area contributed by atoms with Gasteiger partial charge in [0.15, 0.2) is 0 Å². The lowest BCUT2D eigenvalue weighted by molar-refractivity contribution is -0.120. The van der Waals surface area contributed by atoms with E-state index in [4.69, 9.17) is 4.74 Å². The maximum Gasteiger partial charge on any atom is 0.218 e. The Labute approximate surface area is 180 Å². The van der Waals surface area contributed by atoms with E-state index >= 15 is 0 Å². The van der Waals surface area contributed by atoms with E-state index in [0.717, 1.165) is 37.1 Å². The molecule has 3 rings (SSSR count). The summed E-state index contributed by atoms with van der Waals surface area (Å²) in [6.45, 7) is 12.2. The third-order valence-corrected chi connectivity index (χ3v) is 6.05. The highest BCUT2D eigenvalue weighted by Crippen LogP contribution is 2.48. The number of pyridine rings is 1. The number of aromatic nitrogens is 1. The first-order valence-corrected chi connectivity index (χ1v) is 11.1. The zero-order valence-corrected chi connectivity index (χ0v) is 18.8. The molecule has 0 bridgehead atoms. The Morgan fingerprint density at radius 2 is 2.20 bits per heavy atom. The normalized spacial score (nSPS) is 21.7. The third kappa shape index (κ3) is 5.61. The number of nitrogens with one attached hydrogen (secondary N) is 2. The van der Waals surface area contributed by atoms with Crippen LogP contribution in [-0.4, -0.2) is 40.3 Å². The second kappa shape index (κ2) is 9.06. The molecule has 1 spiro atoms. The van der Waals surface area contributed by atoms with Gasteiger partial charge in [-0.2, -0.15) is 0 Å². The Morgan fingerprint density at radius 1 is 1.47 bits per heavy atom. The van der Waals surface area contributed by atoms with Gasteiger partial charge < -0.3 is 20.5 Å². The highest BCUT2D eigenvalue weighted by Gasteiger charge is 2.46. The second-order valence-electron chi connectivity index (χ2n) is 10.2. The van der Waals surface area contributed by atoms with E-state index in [1.165, 1.54) is 18.9 Å². The number of amides is 1. The van der Waals surface area contributed by atoms with Crippen LogP contribution in [0.15, 0.2) is 24.9 Å². The summed E-state index contributed by atoms with van der Waals surface area (Å²) in [5, 5.41) is 17.1. The zero-order chi connectivity index (χ0) is 21.9. The predicted octanol–water partition coefficient (Wildman–Crippen LogP) is 3.45. The standard InChI is InChI=1S/C24H37N3O3/c1-6-8-19(27-16(2)28)21(29)15-25-20-13-24(9-7-10-24)30-22-18(20)11-17(14-26-22)12-23(3,4)5/h6,11,14,19-21,25,29H,1,7-10,12-13,15H2,2-5H3,(H,27,28)/t19-,20-,21-/m0/s1. The van der Waals surface area contributed by atoms with Gasteiger partial charge in [0.25, 0.3) is 0 Å². The van der Waals surface area contributed by atoms with Crippen LogP contribution in [0, 0.1) is 5.41 Å². The molecule has 1 aromatic rings. The minimum atomic E-state index is -0.707. The first kappa shape index (κ1) is 22.8. The molecule has 30 heavy (non-hydrogen) atoms. The van der Waals surface area contributed by atoms with Crippen LogP contribution in [0.5, 0.6) is 5.88 Å². The van der Waals surface area contributed by atoms with E-state index in [0.29, 0.717) is 13.0 Å². The fraction of sp³-hybridized carbons (Fsp3) is 0.667. The van der Waals surface area contributed by atoms with Gasteiger partial charge in [0.05, 0.1) is 12.1 Å². The summed E-state index contributed by atoms with van der Waals surface area (Å²) < 4.78 is 6.33. The Kier molecular flexibility index (Phi) is 6.88. The van der Waals surface area contributed by atoms with E-state index in [1.54, 1.807) is 6.08 Å². The molecule has 3 N–H and O–H groups in total. The van der Waals surface area contributed by atoms with Crippen LogP contribution >= 0.6 is 0 Å². The largest absolute Gasteiger partial charge is 0.471 e. The van der Waals surface area contributed by atoms with E-state index < -0.39 is 6.10 Å². The summed E-state index contributed by atoms with van der Waals surface area (Å²) in [6.07, 6.45) is 8.56. The van der Waals surface area contributed by atoms with Crippen LogP contribution in [0.1, 0.15) is 77.0 Å². The molecule has 166 valence electrons. The molecule has 0 aromatic carbocycles. The highest BCUT2D eigenvalue weighted by molar-refractivity contribution is 5.73. The van der Waals surface area contributed by atoms with Gasteiger partial charge in [-0.15, -0.1) is 6.58 Å².